The molecule has 0 saturated heterocycles. The van der Waals surface area contributed by atoms with Gasteiger partial charge in [-0.2, -0.15) is 0 Å². The smallest absolute Gasteiger partial charge is 0.0198 e. The van der Waals surface area contributed by atoms with E-state index in [1.807, 2.05) is 37.3 Å². The van der Waals surface area contributed by atoms with E-state index < -0.39 is 0 Å². The van der Waals surface area contributed by atoms with Gasteiger partial charge in [-0.3, -0.25) is 5.41 Å². The van der Waals surface area contributed by atoms with Crippen LogP contribution in [0.4, 0.5) is 0 Å². The fourth-order valence-electron chi connectivity index (χ4n) is 1.00. The summed E-state index contributed by atoms with van der Waals surface area (Å²) in [5.41, 5.74) is 2.07. The van der Waals surface area contributed by atoms with Crippen molar-refractivity contribution in [2.24, 2.45) is 0 Å². The quantitative estimate of drug-likeness (QED) is 0.619. The molecule has 0 fully saturated rings. The number of hydrogen-bond acceptors (Lipinski definition) is 1. The summed E-state index contributed by atoms with van der Waals surface area (Å²) >= 11 is 0. The van der Waals surface area contributed by atoms with Gasteiger partial charge >= 0.3 is 0 Å². The average molecular weight is 145 g/mol. The number of hydrogen-bond donors (Lipinski definition) is 1. The van der Waals surface area contributed by atoms with E-state index in [2.05, 4.69) is 5.87 Å². The van der Waals surface area contributed by atoms with Gasteiger partial charge in [0.1, 0.15) is 0 Å². The Morgan fingerprint density at radius 1 is 1.36 bits per heavy atom. The third kappa shape index (κ3) is 1.79. The lowest BCUT2D eigenvalue weighted by atomic mass is 10.1. The number of benzene rings is 1. The minimum absolute atomic E-state index is 0.869. The van der Waals surface area contributed by atoms with Gasteiger partial charge in [0.2, 0.25) is 0 Å². The van der Waals surface area contributed by atoms with Crippen molar-refractivity contribution in [2.45, 2.75) is 13.3 Å². The maximum Gasteiger partial charge on any atom is 0.0198 e. The van der Waals surface area contributed by atoms with Crippen LogP contribution in [0.15, 0.2) is 30.3 Å². The summed E-state index contributed by atoms with van der Waals surface area (Å²) < 4.78 is 0. The van der Waals surface area contributed by atoms with E-state index in [1.54, 1.807) is 0 Å². The van der Waals surface area contributed by atoms with Crippen LogP contribution in [-0.4, -0.2) is 5.87 Å². The van der Waals surface area contributed by atoms with Crippen LogP contribution >= 0.6 is 0 Å². The van der Waals surface area contributed by atoms with Crippen LogP contribution in [0, 0.1) is 5.41 Å². The molecule has 1 N–H and O–H groups in total. The minimum Gasteiger partial charge on any atom is -0.258 e. The Bertz CT molecular complexity index is 268. The Balaban J connectivity index is 3.02. The van der Waals surface area contributed by atoms with E-state index in [9.17, 15) is 0 Å². The molecule has 0 bridgehead atoms. The fourth-order valence-corrected chi connectivity index (χ4v) is 1.00. The zero-order chi connectivity index (χ0) is 8.10. The molecule has 0 radical (unpaired) electrons. The third-order valence-electron chi connectivity index (χ3n) is 1.63. The topological polar surface area (TPSA) is 23.9 Å². The Labute approximate surface area is 66.9 Å². The second kappa shape index (κ2) is 3.75. The van der Waals surface area contributed by atoms with Crippen LogP contribution in [0.1, 0.15) is 18.9 Å². The lowest BCUT2D eigenvalue weighted by Crippen LogP contribution is -1.81. The van der Waals surface area contributed by atoms with Gasteiger partial charge in [0, 0.05) is 5.57 Å². The zero-order valence-electron chi connectivity index (χ0n) is 6.59. The Morgan fingerprint density at radius 2 is 2.00 bits per heavy atom. The van der Waals surface area contributed by atoms with Gasteiger partial charge < -0.3 is 0 Å². The highest BCUT2D eigenvalue weighted by Gasteiger charge is 1.94. The number of allylic oxidation sites excluding steroid dienone is 1. The molecule has 0 unspecified atom stereocenters. The molecule has 0 amide bonds. The monoisotopic (exact) mass is 145 g/mol. The van der Waals surface area contributed by atoms with E-state index in [0.29, 0.717) is 0 Å². The summed E-state index contributed by atoms with van der Waals surface area (Å²) in [5.74, 6) is 2.43. The molecule has 0 heterocycles. The number of nitrogens with one attached hydrogen (secondary N) is 1. The van der Waals surface area contributed by atoms with Crippen molar-refractivity contribution in [2.75, 3.05) is 0 Å². The van der Waals surface area contributed by atoms with Crippen LogP contribution in [0.2, 0.25) is 0 Å². The Kier molecular flexibility index (Phi) is 2.65. The van der Waals surface area contributed by atoms with Crippen molar-refractivity contribution < 1.29 is 0 Å². The lowest BCUT2D eigenvalue weighted by molar-refractivity contribution is 1.25. The summed E-state index contributed by atoms with van der Waals surface area (Å²) in [6, 6.07) is 9.92. The normalized spacial score (nSPS) is 8.82. The van der Waals surface area contributed by atoms with Crippen molar-refractivity contribution in [1.29, 1.82) is 5.41 Å². The molecule has 1 heteroatoms. The molecule has 1 rings (SSSR count). The van der Waals surface area contributed by atoms with Crippen LogP contribution in [0.5, 0.6) is 0 Å². The second-order valence-corrected chi connectivity index (χ2v) is 2.32. The van der Waals surface area contributed by atoms with Crippen molar-refractivity contribution in [1.82, 2.24) is 0 Å². The summed E-state index contributed by atoms with van der Waals surface area (Å²) in [5, 5.41) is 7.01. The van der Waals surface area contributed by atoms with E-state index >= 15 is 0 Å². The lowest BCUT2D eigenvalue weighted by Gasteiger charge is -1.98. The van der Waals surface area contributed by atoms with Crippen LogP contribution in [-0.2, 0) is 0 Å². The summed E-state index contributed by atoms with van der Waals surface area (Å²) in [7, 11) is 0. The van der Waals surface area contributed by atoms with Crippen molar-refractivity contribution >= 4 is 11.4 Å². The van der Waals surface area contributed by atoms with Gasteiger partial charge in [0.25, 0.3) is 0 Å². The van der Waals surface area contributed by atoms with E-state index in [-0.39, 0.29) is 0 Å². The van der Waals surface area contributed by atoms with E-state index in [4.69, 9.17) is 5.41 Å². The van der Waals surface area contributed by atoms with Gasteiger partial charge in [0.05, 0.1) is 0 Å². The molecule has 56 valence electrons. The molecule has 0 aliphatic rings. The molecule has 11 heavy (non-hydrogen) atoms. The highest BCUT2D eigenvalue weighted by atomic mass is 14.3. The molecule has 0 spiro atoms. The molecule has 0 atom stereocenters. The molecular formula is C10H11N. The molecule has 0 saturated carbocycles. The average Bonchev–Trinajstić information content (AvgIpc) is 2.09. The molecule has 1 aromatic rings. The van der Waals surface area contributed by atoms with E-state index in [1.165, 1.54) is 0 Å². The molecular weight excluding hydrogens is 134 g/mol. The van der Waals surface area contributed by atoms with Crippen LogP contribution in [0.3, 0.4) is 0 Å². The highest BCUT2D eigenvalue weighted by Crippen LogP contribution is 2.13. The first-order valence-electron chi connectivity index (χ1n) is 3.72. The first-order chi connectivity index (χ1) is 5.38. The van der Waals surface area contributed by atoms with Gasteiger partial charge in [-0.15, -0.1) is 0 Å². The third-order valence-corrected chi connectivity index (χ3v) is 1.63. The fraction of sp³-hybridized carbons (Fsp3) is 0.200. The minimum atomic E-state index is 0.869. The maximum atomic E-state index is 7.01. The standard InChI is InChI=1S/C10H11N/c1-2-9(8-11)10-6-4-3-5-7-10/h3-7,11H,2H2,1H3. The van der Waals surface area contributed by atoms with Crippen molar-refractivity contribution in [3.8, 4) is 0 Å². The molecule has 1 nitrogen and oxygen atoms in total. The van der Waals surface area contributed by atoms with Crippen molar-refractivity contribution in [3.63, 3.8) is 0 Å². The van der Waals surface area contributed by atoms with Crippen molar-refractivity contribution in [3.05, 3.63) is 35.9 Å². The second-order valence-electron chi connectivity index (χ2n) is 2.32. The van der Waals surface area contributed by atoms with Gasteiger partial charge in [0.15, 0.2) is 0 Å². The predicted octanol–water partition coefficient (Wildman–Crippen LogP) is 2.73. The largest absolute Gasteiger partial charge is 0.258 e. The van der Waals surface area contributed by atoms with Crippen LogP contribution in [0.25, 0.3) is 5.57 Å². The Hall–Kier alpha value is -1.33. The zero-order valence-corrected chi connectivity index (χ0v) is 6.59. The van der Waals surface area contributed by atoms with Crippen LogP contribution < -0.4 is 0 Å². The first kappa shape index (κ1) is 7.77. The van der Waals surface area contributed by atoms with E-state index in [0.717, 1.165) is 17.6 Å². The predicted molar refractivity (Wildman–Crippen MR) is 47.9 cm³/mol. The molecule has 0 aromatic heterocycles. The van der Waals surface area contributed by atoms with Gasteiger partial charge in [-0.05, 0) is 17.9 Å². The first-order valence-corrected chi connectivity index (χ1v) is 3.72. The maximum absolute atomic E-state index is 7.01. The SMILES string of the molecule is CCC(=C=N)c1ccccc1. The summed E-state index contributed by atoms with van der Waals surface area (Å²) in [4.78, 5) is 0. The highest BCUT2D eigenvalue weighted by molar-refractivity contribution is 5.88. The Morgan fingerprint density at radius 3 is 2.45 bits per heavy atom. The van der Waals surface area contributed by atoms with Gasteiger partial charge in [-0.1, -0.05) is 37.3 Å². The summed E-state index contributed by atoms with van der Waals surface area (Å²) in [6.45, 7) is 2.03. The molecule has 1 aromatic carbocycles. The molecule has 0 aliphatic carbocycles. The van der Waals surface area contributed by atoms with Gasteiger partial charge in [-0.25, -0.2) is 0 Å². The molecule has 0 aliphatic heterocycles. The number of rotatable bonds is 2. The summed E-state index contributed by atoms with van der Waals surface area (Å²) in [6.07, 6.45) is 0.869.